The summed E-state index contributed by atoms with van der Waals surface area (Å²) in [5.74, 6) is -1.46. The Kier molecular flexibility index (Phi) is 3.84. The monoisotopic (exact) mass is 273 g/mol. The molecule has 0 aliphatic carbocycles. The fraction of sp³-hybridized carbons (Fsp3) is 0.214. The first-order chi connectivity index (χ1) is 9.52. The molecule has 6 nitrogen and oxygen atoms in total. The van der Waals surface area contributed by atoms with Crippen LogP contribution in [0.1, 0.15) is 33.5 Å². The van der Waals surface area contributed by atoms with E-state index in [1.165, 1.54) is 10.7 Å². The van der Waals surface area contributed by atoms with Gasteiger partial charge in [-0.25, -0.2) is 4.79 Å². The van der Waals surface area contributed by atoms with E-state index in [1.807, 2.05) is 6.92 Å². The van der Waals surface area contributed by atoms with Crippen molar-refractivity contribution in [1.82, 2.24) is 9.78 Å². The highest BCUT2D eigenvalue weighted by molar-refractivity contribution is 6.06. The zero-order chi connectivity index (χ0) is 14.7. The molecule has 0 saturated carbocycles. The molecule has 1 aromatic carbocycles. The molecule has 0 radical (unpaired) electrons. The molecule has 1 aromatic heterocycles. The number of benzene rings is 1. The maximum atomic E-state index is 12.2. The summed E-state index contributed by atoms with van der Waals surface area (Å²) < 4.78 is 1.48. The number of aromatic nitrogens is 2. The van der Waals surface area contributed by atoms with Crippen LogP contribution in [0.4, 0.5) is 5.69 Å². The summed E-state index contributed by atoms with van der Waals surface area (Å²) in [4.78, 5) is 23.3. The highest BCUT2D eigenvalue weighted by atomic mass is 16.4. The third-order valence-corrected chi connectivity index (χ3v) is 2.93. The number of aryl methyl sites for hydroxylation is 2. The smallest absolute Gasteiger partial charge is 0.337 e. The van der Waals surface area contributed by atoms with Crippen molar-refractivity contribution in [1.29, 1.82) is 0 Å². The Bertz CT molecular complexity index is 661. The molecule has 0 saturated heterocycles. The van der Waals surface area contributed by atoms with Gasteiger partial charge < -0.3 is 10.4 Å². The summed E-state index contributed by atoms with van der Waals surface area (Å²) in [6, 6.07) is 7.97. The highest BCUT2D eigenvalue weighted by Gasteiger charge is 2.16. The lowest BCUT2D eigenvalue weighted by Crippen LogP contribution is -2.17. The Labute approximate surface area is 116 Å². The van der Waals surface area contributed by atoms with Crippen LogP contribution in [-0.4, -0.2) is 26.8 Å². The van der Waals surface area contributed by atoms with Crippen molar-refractivity contribution < 1.29 is 14.7 Å². The number of anilines is 1. The molecule has 104 valence electrons. The third-order valence-electron chi connectivity index (χ3n) is 2.93. The van der Waals surface area contributed by atoms with E-state index in [9.17, 15) is 9.59 Å². The number of nitrogens with one attached hydrogen (secondary N) is 1. The normalized spacial score (nSPS) is 10.3. The number of carbonyl (C=O) groups is 2. The molecule has 0 atom stereocenters. The number of rotatable bonds is 4. The van der Waals surface area contributed by atoms with Gasteiger partial charge in [-0.1, -0.05) is 19.1 Å². The minimum atomic E-state index is -1.08. The van der Waals surface area contributed by atoms with Crippen molar-refractivity contribution in [2.24, 2.45) is 7.05 Å². The molecule has 2 aromatic rings. The van der Waals surface area contributed by atoms with Crippen molar-refractivity contribution in [2.45, 2.75) is 13.3 Å². The van der Waals surface area contributed by atoms with E-state index in [0.29, 0.717) is 5.69 Å². The maximum absolute atomic E-state index is 12.2. The van der Waals surface area contributed by atoms with Crippen LogP contribution in [0.15, 0.2) is 30.3 Å². The lowest BCUT2D eigenvalue weighted by atomic mass is 10.1. The van der Waals surface area contributed by atoms with Crippen LogP contribution < -0.4 is 5.32 Å². The van der Waals surface area contributed by atoms with Gasteiger partial charge in [-0.15, -0.1) is 0 Å². The van der Waals surface area contributed by atoms with Crippen LogP contribution in [0.25, 0.3) is 0 Å². The summed E-state index contributed by atoms with van der Waals surface area (Å²) in [6.45, 7) is 1.95. The highest BCUT2D eigenvalue weighted by Crippen LogP contribution is 2.16. The van der Waals surface area contributed by atoms with E-state index in [0.717, 1.165) is 12.1 Å². The summed E-state index contributed by atoms with van der Waals surface area (Å²) in [5.41, 5.74) is 1.52. The minimum absolute atomic E-state index is 0.0544. The van der Waals surface area contributed by atoms with Gasteiger partial charge in [0.25, 0.3) is 5.91 Å². The van der Waals surface area contributed by atoms with Gasteiger partial charge in [0.05, 0.1) is 16.9 Å². The van der Waals surface area contributed by atoms with Gasteiger partial charge in [-0.2, -0.15) is 5.10 Å². The molecule has 0 bridgehead atoms. The Hall–Kier alpha value is -2.63. The van der Waals surface area contributed by atoms with Crippen LogP contribution >= 0.6 is 0 Å². The molecule has 0 spiro atoms. The summed E-state index contributed by atoms with van der Waals surface area (Å²) in [6.07, 6.45) is 0.729. The average molecular weight is 273 g/mol. The van der Waals surface area contributed by atoms with Crippen LogP contribution in [0.5, 0.6) is 0 Å². The zero-order valence-electron chi connectivity index (χ0n) is 11.3. The molecule has 0 fully saturated rings. The second kappa shape index (κ2) is 5.56. The van der Waals surface area contributed by atoms with Crippen LogP contribution in [0.3, 0.4) is 0 Å². The van der Waals surface area contributed by atoms with Gasteiger partial charge in [0.15, 0.2) is 0 Å². The summed E-state index contributed by atoms with van der Waals surface area (Å²) in [7, 11) is 1.68. The largest absolute Gasteiger partial charge is 0.478 e. The number of para-hydroxylation sites is 1. The maximum Gasteiger partial charge on any atom is 0.337 e. The molecule has 0 unspecified atom stereocenters. The predicted molar refractivity (Wildman–Crippen MR) is 73.9 cm³/mol. The number of hydrogen-bond donors (Lipinski definition) is 2. The number of nitrogens with zero attached hydrogens (tertiary/aromatic N) is 2. The minimum Gasteiger partial charge on any atom is -0.478 e. The molecule has 2 rings (SSSR count). The van der Waals surface area contributed by atoms with Gasteiger partial charge in [0.1, 0.15) is 5.69 Å². The SMILES string of the molecule is CCc1cc(C(=O)Nc2ccccc2C(=O)O)n(C)n1. The second-order valence-corrected chi connectivity index (χ2v) is 4.30. The topological polar surface area (TPSA) is 84.2 Å². The average Bonchev–Trinajstić information content (AvgIpc) is 2.80. The van der Waals surface area contributed by atoms with Crippen molar-refractivity contribution in [3.63, 3.8) is 0 Å². The van der Waals surface area contributed by atoms with Gasteiger partial charge in [-0.3, -0.25) is 9.48 Å². The molecule has 0 aliphatic rings. The van der Waals surface area contributed by atoms with E-state index in [-0.39, 0.29) is 17.2 Å². The number of carboxylic acid groups (broad SMARTS) is 1. The van der Waals surface area contributed by atoms with Crippen LogP contribution in [0, 0.1) is 0 Å². The third kappa shape index (κ3) is 2.69. The lowest BCUT2D eigenvalue weighted by Gasteiger charge is -2.08. The van der Waals surface area contributed by atoms with Crippen molar-refractivity contribution in [3.8, 4) is 0 Å². The number of carbonyl (C=O) groups excluding carboxylic acids is 1. The van der Waals surface area contributed by atoms with Gasteiger partial charge in [0, 0.05) is 7.05 Å². The molecule has 1 amide bonds. The standard InChI is InChI=1S/C14H15N3O3/c1-3-9-8-12(17(2)16-9)13(18)15-11-7-5-4-6-10(11)14(19)20/h4-8H,3H2,1-2H3,(H,15,18)(H,19,20). The molecular formula is C14H15N3O3. The predicted octanol–water partition coefficient (Wildman–Crippen LogP) is 1.93. The van der Waals surface area contributed by atoms with Crippen LogP contribution in [0.2, 0.25) is 0 Å². The molecule has 20 heavy (non-hydrogen) atoms. The first-order valence-electron chi connectivity index (χ1n) is 6.19. The molecular weight excluding hydrogens is 258 g/mol. The van der Waals surface area contributed by atoms with E-state index in [4.69, 9.17) is 5.11 Å². The van der Waals surface area contributed by atoms with Gasteiger partial charge in [-0.05, 0) is 24.6 Å². The van der Waals surface area contributed by atoms with Crippen LogP contribution in [-0.2, 0) is 13.5 Å². The van der Waals surface area contributed by atoms with Crippen molar-refractivity contribution in [2.75, 3.05) is 5.32 Å². The van der Waals surface area contributed by atoms with Gasteiger partial charge in [0.2, 0.25) is 0 Å². The number of carboxylic acids is 1. The second-order valence-electron chi connectivity index (χ2n) is 4.30. The van der Waals surface area contributed by atoms with Crippen molar-refractivity contribution >= 4 is 17.6 Å². The number of aromatic carboxylic acids is 1. The number of amides is 1. The molecule has 0 aliphatic heterocycles. The van der Waals surface area contributed by atoms with E-state index >= 15 is 0 Å². The quantitative estimate of drug-likeness (QED) is 0.891. The Morgan fingerprint density at radius 1 is 1.35 bits per heavy atom. The van der Waals surface area contributed by atoms with E-state index < -0.39 is 5.97 Å². The van der Waals surface area contributed by atoms with E-state index in [1.54, 1.807) is 31.3 Å². The molecule has 2 N–H and O–H groups in total. The Morgan fingerprint density at radius 3 is 2.65 bits per heavy atom. The first kappa shape index (κ1) is 13.8. The zero-order valence-corrected chi connectivity index (χ0v) is 11.3. The van der Waals surface area contributed by atoms with E-state index in [2.05, 4.69) is 10.4 Å². The molecule has 1 heterocycles. The summed E-state index contributed by atoms with van der Waals surface area (Å²) >= 11 is 0. The summed E-state index contributed by atoms with van der Waals surface area (Å²) in [5, 5.41) is 15.9. The fourth-order valence-corrected chi connectivity index (χ4v) is 1.88. The fourth-order valence-electron chi connectivity index (χ4n) is 1.88. The van der Waals surface area contributed by atoms with Crippen molar-refractivity contribution in [3.05, 3.63) is 47.3 Å². The number of hydrogen-bond acceptors (Lipinski definition) is 3. The lowest BCUT2D eigenvalue weighted by molar-refractivity contribution is 0.0698. The Balaban J connectivity index is 2.28. The molecule has 6 heteroatoms. The Morgan fingerprint density at radius 2 is 2.05 bits per heavy atom. The first-order valence-corrected chi connectivity index (χ1v) is 6.19. The van der Waals surface area contributed by atoms with Gasteiger partial charge >= 0.3 is 5.97 Å².